The van der Waals surface area contributed by atoms with Crippen LogP contribution in [0.25, 0.3) is 0 Å². The van der Waals surface area contributed by atoms with Crippen molar-refractivity contribution in [3.8, 4) is 6.07 Å². The van der Waals surface area contributed by atoms with Crippen LogP contribution in [0.5, 0.6) is 0 Å². The molecule has 5 nitrogen and oxygen atoms in total. The smallest absolute Gasteiger partial charge is 0.125 e. The van der Waals surface area contributed by atoms with Crippen LogP contribution >= 0.6 is 0 Å². The highest BCUT2D eigenvalue weighted by Crippen LogP contribution is 2.03. The first-order chi connectivity index (χ1) is 9.88. The molecule has 0 saturated carbocycles. The fourth-order valence-electron chi connectivity index (χ4n) is 1.73. The molecule has 0 spiro atoms. The molecule has 5 heteroatoms. The van der Waals surface area contributed by atoms with E-state index in [-0.39, 0.29) is 0 Å². The minimum atomic E-state index is 0.577. The Kier molecular flexibility index (Phi) is 5.50. The van der Waals surface area contributed by atoms with Crippen molar-refractivity contribution in [2.45, 2.75) is 13.0 Å². The van der Waals surface area contributed by atoms with E-state index in [1.165, 1.54) is 5.56 Å². The van der Waals surface area contributed by atoms with Crippen LogP contribution in [-0.2, 0) is 6.54 Å². The summed E-state index contributed by atoms with van der Waals surface area (Å²) < 4.78 is 0. The summed E-state index contributed by atoms with van der Waals surface area (Å²) >= 11 is 0. The standard InChI is InChI=1S/C15H17N5/c16-9-13-4-5-15(20-12-13)19-8-2-7-18-11-14-3-1-6-17-10-14/h1,3-6,10,12,18H,2,7-8,11H2,(H,19,20). The number of nitrogens with zero attached hydrogens (tertiary/aromatic N) is 3. The van der Waals surface area contributed by atoms with E-state index in [9.17, 15) is 0 Å². The summed E-state index contributed by atoms with van der Waals surface area (Å²) in [5, 5.41) is 15.3. The Morgan fingerprint density at radius 1 is 1.15 bits per heavy atom. The monoisotopic (exact) mass is 267 g/mol. The predicted molar refractivity (Wildman–Crippen MR) is 78.0 cm³/mol. The summed E-state index contributed by atoms with van der Waals surface area (Å²) in [6.07, 6.45) is 6.22. The molecule has 0 atom stereocenters. The van der Waals surface area contributed by atoms with Crippen molar-refractivity contribution < 1.29 is 0 Å². The lowest BCUT2D eigenvalue weighted by atomic mass is 10.3. The normalized spacial score (nSPS) is 9.95. The number of hydrogen-bond donors (Lipinski definition) is 2. The van der Waals surface area contributed by atoms with Gasteiger partial charge in [0, 0.05) is 31.7 Å². The Morgan fingerprint density at radius 2 is 2.10 bits per heavy atom. The summed E-state index contributed by atoms with van der Waals surface area (Å²) in [6, 6.07) is 9.62. The van der Waals surface area contributed by atoms with E-state index < -0.39 is 0 Å². The van der Waals surface area contributed by atoms with Gasteiger partial charge < -0.3 is 10.6 Å². The molecule has 0 aliphatic carbocycles. The highest BCUT2D eigenvalue weighted by molar-refractivity contribution is 5.38. The Bertz CT molecular complexity index is 545. The van der Waals surface area contributed by atoms with Crippen LogP contribution in [0.4, 0.5) is 5.82 Å². The summed E-state index contributed by atoms with van der Waals surface area (Å²) in [7, 11) is 0. The molecule has 0 saturated heterocycles. The van der Waals surface area contributed by atoms with Crippen molar-refractivity contribution >= 4 is 5.82 Å². The lowest BCUT2D eigenvalue weighted by Gasteiger charge is -2.06. The average Bonchev–Trinajstić information content (AvgIpc) is 2.52. The Balaban J connectivity index is 1.58. The van der Waals surface area contributed by atoms with Gasteiger partial charge in [0.15, 0.2) is 0 Å². The van der Waals surface area contributed by atoms with Crippen molar-refractivity contribution in [2.75, 3.05) is 18.4 Å². The minimum absolute atomic E-state index is 0.577. The van der Waals surface area contributed by atoms with Gasteiger partial charge in [0.05, 0.1) is 5.56 Å². The van der Waals surface area contributed by atoms with Gasteiger partial charge in [0.25, 0.3) is 0 Å². The van der Waals surface area contributed by atoms with E-state index in [2.05, 4.69) is 26.7 Å². The first kappa shape index (κ1) is 14.0. The number of anilines is 1. The van der Waals surface area contributed by atoms with Gasteiger partial charge in [-0.3, -0.25) is 4.98 Å². The first-order valence-corrected chi connectivity index (χ1v) is 6.58. The zero-order valence-corrected chi connectivity index (χ0v) is 11.2. The van der Waals surface area contributed by atoms with Gasteiger partial charge in [-0.2, -0.15) is 5.26 Å². The van der Waals surface area contributed by atoms with E-state index in [1.807, 2.05) is 24.4 Å². The molecule has 0 radical (unpaired) electrons. The van der Waals surface area contributed by atoms with Crippen molar-refractivity contribution in [2.24, 2.45) is 0 Å². The van der Waals surface area contributed by atoms with Gasteiger partial charge in [-0.15, -0.1) is 0 Å². The van der Waals surface area contributed by atoms with E-state index in [1.54, 1.807) is 18.5 Å². The molecule has 0 aliphatic rings. The Labute approximate surface area is 118 Å². The molecule has 0 aromatic carbocycles. The van der Waals surface area contributed by atoms with Gasteiger partial charge in [0.1, 0.15) is 11.9 Å². The predicted octanol–water partition coefficient (Wildman–Crippen LogP) is 1.94. The minimum Gasteiger partial charge on any atom is -0.370 e. The third kappa shape index (κ3) is 4.67. The van der Waals surface area contributed by atoms with Crippen LogP contribution < -0.4 is 10.6 Å². The molecule has 0 unspecified atom stereocenters. The van der Waals surface area contributed by atoms with Crippen molar-refractivity contribution in [1.29, 1.82) is 5.26 Å². The summed E-state index contributed by atoms with van der Waals surface area (Å²) in [6.45, 7) is 2.61. The molecule has 0 fully saturated rings. The second-order valence-electron chi connectivity index (χ2n) is 4.36. The Hall–Kier alpha value is -2.45. The number of pyridine rings is 2. The number of nitriles is 1. The zero-order valence-electron chi connectivity index (χ0n) is 11.2. The molecule has 2 N–H and O–H groups in total. The van der Waals surface area contributed by atoms with Gasteiger partial charge in [-0.25, -0.2) is 4.98 Å². The molecular weight excluding hydrogens is 250 g/mol. The molecule has 2 heterocycles. The first-order valence-electron chi connectivity index (χ1n) is 6.58. The van der Waals surface area contributed by atoms with Gasteiger partial charge >= 0.3 is 0 Å². The fourth-order valence-corrected chi connectivity index (χ4v) is 1.73. The number of aromatic nitrogens is 2. The average molecular weight is 267 g/mol. The third-order valence-corrected chi connectivity index (χ3v) is 2.78. The molecule has 0 bridgehead atoms. The van der Waals surface area contributed by atoms with Crippen LogP contribution in [0.15, 0.2) is 42.9 Å². The molecule has 20 heavy (non-hydrogen) atoms. The topological polar surface area (TPSA) is 73.6 Å². The van der Waals surface area contributed by atoms with Crippen LogP contribution in [0, 0.1) is 11.3 Å². The zero-order chi connectivity index (χ0) is 14.0. The maximum absolute atomic E-state index is 8.67. The second kappa shape index (κ2) is 7.87. The third-order valence-electron chi connectivity index (χ3n) is 2.78. The fraction of sp³-hybridized carbons (Fsp3) is 0.267. The van der Waals surface area contributed by atoms with Crippen LogP contribution in [-0.4, -0.2) is 23.1 Å². The molecule has 102 valence electrons. The van der Waals surface area contributed by atoms with Crippen molar-refractivity contribution in [3.63, 3.8) is 0 Å². The number of rotatable bonds is 7. The largest absolute Gasteiger partial charge is 0.370 e. The van der Waals surface area contributed by atoms with E-state index in [4.69, 9.17) is 5.26 Å². The Morgan fingerprint density at radius 3 is 2.80 bits per heavy atom. The second-order valence-corrected chi connectivity index (χ2v) is 4.36. The number of nitrogens with one attached hydrogen (secondary N) is 2. The molecular formula is C15H17N5. The van der Waals surface area contributed by atoms with Crippen LogP contribution in [0.1, 0.15) is 17.5 Å². The van der Waals surface area contributed by atoms with Crippen LogP contribution in [0.3, 0.4) is 0 Å². The molecule has 2 aromatic heterocycles. The van der Waals surface area contributed by atoms with Gasteiger partial charge in [-0.05, 0) is 36.7 Å². The van der Waals surface area contributed by atoms with Gasteiger partial charge in [-0.1, -0.05) is 6.07 Å². The lowest BCUT2D eigenvalue weighted by molar-refractivity contribution is 0.661. The molecule has 0 amide bonds. The summed E-state index contributed by atoms with van der Waals surface area (Å²) in [4.78, 5) is 8.22. The maximum atomic E-state index is 8.67. The highest BCUT2D eigenvalue weighted by atomic mass is 15.0. The molecule has 0 aliphatic heterocycles. The molecule has 2 rings (SSSR count). The van der Waals surface area contributed by atoms with E-state index in [0.29, 0.717) is 5.56 Å². The molecule has 2 aromatic rings. The van der Waals surface area contributed by atoms with Gasteiger partial charge in [0.2, 0.25) is 0 Å². The van der Waals surface area contributed by atoms with Crippen LogP contribution in [0.2, 0.25) is 0 Å². The lowest BCUT2D eigenvalue weighted by Crippen LogP contribution is -2.17. The summed E-state index contributed by atoms with van der Waals surface area (Å²) in [5.74, 6) is 0.802. The summed E-state index contributed by atoms with van der Waals surface area (Å²) in [5.41, 5.74) is 1.77. The SMILES string of the molecule is N#Cc1ccc(NCCCNCc2cccnc2)nc1. The maximum Gasteiger partial charge on any atom is 0.125 e. The number of hydrogen-bond acceptors (Lipinski definition) is 5. The van der Waals surface area contributed by atoms with Crippen molar-refractivity contribution in [3.05, 3.63) is 54.0 Å². The highest BCUT2D eigenvalue weighted by Gasteiger charge is 1.95. The van der Waals surface area contributed by atoms with Crippen molar-refractivity contribution in [1.82, 2.24) is 15.3 Å². The van der Waals surface area contributed by atoms with E-state index >= 15 is 0 Å². The van der Waals surface area contributed by atoms with E-state index in [0.717, 1.165) is 31.9 Å². The quantitative estimate of drug-likeness (QED) is 0.750.